The second-order valence-corrected chi connectivity index (χ2v) is 8.83. The Hall–Kier alpha value is -3.16. The number of benzene rings is 1. The van der Waals surface area contributed by atoms with Crippen molar-refractivity contribution in [3.63, 3.8) is 0 Å². The summed E-state index contributed by atoms with van der Waals surface area (Å²) in [6.07, 6.45) is 8.23. The van der Waals surface area contributed by atoms with Crippen LogP contribution < -0.4 is 15.6 Å². The van der Waals surface area contributed by atoms with Crippen molar-refractivity contribution in [1.29, 1.82) is 0 Å². The number of nitrogens with one attached hydrogen (secondary N) is 1. The van der Waals surface area contributed by atoms with E-state index >= 15 is 0 Å². The topological polar surface area (TPSA) is 81.9 Å². The summed E-state index contributed by atoms with van der Waals surface area (Å²) in [5, 5.41) is 4.58. The van der Waals surface area contributed by atoms with Gasteiger partial charge in [0.15, 0.2) is 0 Å². The van der Waals surface area contributed by atoms with Crippen molar-refractivity contribution in [2.45, 2.75) is 31.8 Å². The van der Waals surface area contributed by atoms with Gasteiger partial charge in [-0.1, -0.05) is 29.3 Å². The molecule has 1 N–H and O–H groups in total. The SMILES string of the molecule is Cn1c(=O)c(-c2c(Cl)cccc2Cl)cc2cnc(Nc3ccc(OC4CCCC4)cn3)nc21. The van der Waals surface area contributed by atoms with E-state index in [1.54, 1.807) is 43.7 Å². The zero-order valence-electron chi connectivity index (χ0n) is 17.9. The summed E-state index contributed by atoms with van der Waals surface area (Å²) in [5.74, 6) is 1.66. The standard InChI is InChI=1S/C24H21Cl2N5O2/c1-31-22-14(11-17(23(31)32)21-18(25)7-4-8-19(21)26)12-28-24(30-22)29-20-10-9-16(13-27-20)33-15-5-2-3-6-15/h4,7-13,15H,2-3,5-6H2,1H3,(H,27,28,29,30). The number of nitrogens with zero attached hydrogens (tertiary/aromatic N) is 4. The minimum absolute atomic E-state index is 0.256. The number of hydrogen-bond donors (Lipinski definition) is 1. The Labute approximate surface area is 200 Å². The predicted octanol–water partition coefficient (Wildman–Crippen LogP) is 5.76. The van der Waals surface area contributed by atoms with Crippen LogP contribution in [0.3, 0.4) is 0 Å². The van der Waals surface area contributed by atoms with Crippen LogP contribution in [-0.2, 0) is 7.05 Å². The molecule has 4 aromatic rings. The molecule has 0 radical (unpaired) electrons. The first kappa shape index (κ1) is 21.7. The molecule has 0 saturated heterocycles. The Morgan fingerprint density at radius 3 is 2.52 bits per heavy atom. The molecule has 7 nitrogen and oxygen atoms in total. The van der Waals surface area contributed by atoms with Gasteiger partial charge in [0.2, 0.25) is 5.95 Å². The highest BCUT2D eigenvalue weighted by molar-refractivity contribution is 6.39. The Morgan fingerprint density at radius 1 is 1.06 bits per heavy atom. The Morgan fingerprint density at radius 2 is 1.82 bits per heavy atom. The summed E-state index contributed by atoms with van der Waals surface area (Å²) < 4.78 is 7.41. The average molecular weight is 482 g/mol. The zero-order chi connectivity index (χ0) is 22.9. The molecule has 0 spiro atoms. The van der Waals surface area contributed by atoms with E-state index in [1.807, 2.05) is 12.1 Å². The summed E-state index contributed by atoms with van der Waals surface area (Å²) in [5.41, 5.74) is 1.11. The summed E-state index contributed by atoms with van der Waals surface area (Å²) in [7, 11) is 1.66. The van der Waals surface area contributed by atoms with E-state index in [4.69, 9.17) is 27.9 Å². The molecule has 33 heavy (non-hydrogen) atoms. The first-order valence-corrected chi connectivity index (χ1v) is 11.5. The molecule has 3 heterocycles. The maximum absolute atomic E-state index is 13.1. The quantitative estimate of drug-likeness (QED) is 0.390. The van der Waals surface area contributed by atoms with E-state index in [0.717, 1.165) is 18.6 Å². The molecule has 3 aromatic heterocycles. The Bertz CT molecular complexity index is 1360. The molecule has 0 atom stereocenters. The molecule has 1 saturated carbocycles. The molecule has 1 aliphatic rings. The number of ether oxygens (including phenoxy) is 1. The summed E-state index contributed by atoms with van der Waals surface area (Å²) in [4.78, 5) is 26.4. The fourth-order valence-electron chi connectivity index (χ4n) is 4.08. The lowest BCUT2D eigenvalue weighted by Gasteiger charge is -2.13. The van der Waals surface area contributed by atoms with Crippen LogP contribution in [0, 0.1) is 0 Å². The molecule has 5 rings (SSSR count). The van der Waals surface area contributed by atoms with Crippen LogP contribution in [0.25, 0.3) is 22.2 Å². The highest BCUT2D eigenvalue weighted by atomic mass is 35.5. The van der Waals surface area contributed by atoms with Crippen molar-refractivity contribution in [2.24, 2.45) is 7.05 Å². The van der Waals surface area contributed by atoms with Gasteiger partial charge in [-0.3, -0.25) is 9.36 Å². The maximum atomic E-state index is 13.1. The van der Waals surface area contributed by atoms with Gasteiger partial charge in [-0.25, -0.2) is 9.97 Å². The lowest BCUT2D eigenvalue weighted by Crippen LogP contribution is -2.20. The largest absolute Gasteiger partial charge is 0.489 e. The van der Waals surface area contributed by atoms with E-state index in [2.05, 4.69) is 20.3 Å². The Kier molecular flexibility index (Phi) is 5.91. The number of fused-ring (bicyclic) bond motifs is 1. The van der Waals surface area contributed by atoms with Crippen LogP contribution in [0.2, 0.25) is 10.0 Å². The van der Waals surface area contributed by atoms with Gasteiger partial charge in [-0.2, -0.15) is 4.98 Å². The fraction of sp³-hybridized carbons (Fsp3) is 0.250. The molecule has 1 fully saturated rings. The Balaban J connectivity index is 1.43. The lowest BCUT2D eigenvalue weighted by molar-refractivity contribution is 0.209. The highest BCUT2D eigenvalue weighted by Gasteiger charge is 2.17. The number of halogens is 2. The predicted molar refractivity (Wildman–Crippen MR) is 131 cm³/mol. The van der Waals surface area contributed by atoms with Crippen LogP contribution in [0.15, 0.2) is 53.6 Å². The van der Waals surface area contributed by atoms with Gasteiger partial charge < -0.3 is 10.1 Å². The van der Waals surface area contributed by atoms with Crippen molar-refractivity contribution >= 4 is 46.0 Å². The maximum Gasteiger partial charge on any atom is 0.259 e. The van der Waals surface area contributed by atoms with E-state index in [9.17, 15) is 4.79 Å². The summed E-state index contributed by atoms with van der Waals surface area (Å²) >= 11 is 12.6. The number of anilines is 2. The number of rotatable bonds is 5. The van der Waals surface area contributed by atoms with Gasteiger partial charge in [0, 0.05) is 24.2 Å². The van der Waals surface area contributed by atoms with Crippen LogP contribution in [0.5, 0.6) is 5.75 Å². The third kappa shape index (κ3) is 4.38. The molecular weight excluding hydrogens is 461 g/mol. The summed E-state index contributed by atoms with van der Waals surface area (Å²) in [6, 6.07) is 10.5. The van der Waals surface area contributed by atoms with Crippen molar-refractivity contribution in [2.75, 3.05) is 5.32 Å². The van der Waals surface area contributed by atoms with Crippen LogP contribution in [-0.4, -0.2) is 25.6 Å². The second kappa shape index (κ2) is 9.00. The number of pyridine rings is 2. The molecule has 0 aliphatic heterocycles. The highest BCUT2D eigenvalue weighted by Crippen LogP contribution is 2.33. The normalized spacial score (nSPS) is 14.0. The molecular formula is C24H21Cl2N5O2. The third-order valence-corrected chi connectivity index (χ3v) is 6.39. The van der Waals surface area contributed by atoms with Crippen LogP contribution >= 0.6 is 23.2 Å². The zero-order valence-corrected chi connectivity index (χ0v) is 19.4. The van der Waals surface area contributed by atoms with Crippen molar-refractivity contribution in [3.8, 4) is 16.9 Å². The minimum Gasteiger partial charge on any atom is -0.489 e. The average Bonchev–Trinajstić information content (AvgIpc) is 3.32. The molecule has 0 unspecified atom stereocenters. The number of aromatic nitrogens is 4. The lowest BCUT2D eigenvalue weighted by atomic mass is 10.1. The smallest absolute Gasteiger partial charge is 0.259 e. The van der Waals surface area contributed by atoms with Gasteiger partial charge in [0.1, 0.15) is 17.2 Å². The van der Waals surface area contributed by atoms with E-state index < -0.39 is 0 Å². The fourth-order valence-corrected chi connectivity index (χ4v) is 4.68. The van der Waals surface area contributed by atoms with Crippen molar-refractivity contribution in [3.05, 3.63) is 69.2 Å². The van der Waals surface area contributed by atoms with Gasteiger partial charge in [-0.05, 0) is 56.0 Å². The van der Waals surface area contributed by atoms with Gasteiger partial charge >= 0.3 is 0 Å². The van der Waals surface area contributed by atoms with E-state index in [1.165, 1.54) is 17.4 Å². The molecule has 168 valence electrons. The molecule has 0 bridgehead atoms. The van der Waals surface area contributed by atoms with Gasteiger partial charge in [0.05, 0.1) is 27.9 Å². The molecule has 1 aliphatic carbocycles. The number of aryl methyl sites for hydroxylation is 1. The van der Waals surface area contributed by atoms with Crippen molar-refractivity contribution in [1.82, 2.24) is 19.5 Å². The minimum atomic E-state index is -0.256. The van der Waals surface area contributed by atoms with Crippen molar-refractivity contribution < 1.29 is 4.74 Å². The van der Waals surface area contributed by atoms with E-state index in [-0.39, 0.29) is 11.7 Å². The first-order valence-electron chi connectivity index (χ1n) is 10.7. The van der Waals surface area contributed by atoms with E-state index in [0.29, 0.717) is 44.0 Å². The van der Waals surface area contributed by atoms with Crippen LogP contribution in [0.4, 0.5) is 11.8 Å². The summed E-state index contributed by atoms with van der Waals surface area (Å²) in [6.45, 7) is 0. The monoisotopic (exact) mass is 481 g/mol. The number of hydrogen-bond acceptors (Lipinski definition) is 6. The third-order valence-electron chi connectivity index (χ3n) is 5.76. The second-order valence-electron chi connectivity index (χ2n) is 8.02. The van der Waals surface area contributed by atoms with Gasteiger partial charge in [-0.15, -0.1) is 0 Å². The molecule has 1 aromatic carbocycles. The molecule has 9 heteroatoms. The molecule has 0 amide bonds. The first-order chi connectivity index (χ1) is 16.0. The van der Waals surface area contributed by atoms with Gasteiger partial charge in [0.25, 0.3) is 5.56 Å². The van der Waals surface area contributed by atoms with Crippen LogP contribution in [0.1, 0.15) is 25.7 Å².